The molecule has 0 heterocycles. The number of hydrogen-bond donors (Lipinski definition) is 2. The molecular formula is C9H8Cl2O4. The second kappa shape index (κ2) is 4.16. The molecular weight excluding hydrogens is 243 g/mol. The van der Waals surface area contributed by atoms with Crippen LogP contribution in [-0.4, -0.2) is 23.3 Å². The molecule has 1 aromatic carbocycles. The number of methoxy groups -OCH3 is 1. The van der Waals surface area contributed by atoms with Crippen LogP contribution in [-0.2, 0) is 4.74 Å². The third-order valence-electron chi connectivity index (χ3n) is 1.95. The van der Waals surface area contributed by atoms with Crippen molar-refractivity contribution in [2.75, 3.05) is 7.11 Å². The molecule has 2 N–H and O–H groups in total. The molecule has 0 spiro atoms. The summed E-state index contributed by atoms with van der Waals surface area (Å²) in [6, 6.07) is 0. The number of esters is 1. The first-order chi connectivity index (χ1) is 6.91. The predicted octanol–water partition coefficient (Wildman–Crippen LogP) is 2.50. The predicted molar refractivity (Wildman–Crippen MR) is 55.9 cm³/mol. The highest BCUT2D eigenvalue weighted by atomic mass is 35.5. The second-order valence-electron chi connectivity index (χ2n) is 2.82. The molecule has 0 aromatic heterocycles. The maximum atomic E-state index is 11.2. The van der Waals surface area contributed by atoms with Gasteiger partial charge in [0.25, 0.3) is 0 Å². The molecule has 0 fully saturated rings. The van der Waals surface area contributed by atoms with Crippen LogP contribution in [0.1, 0.15) is 15.9 Å². The number of benzene rings is 1. The SMILES string of the molecule is COC(=O)c1c(O)c(Cl)c(C)c(O)c1Cl. The van der Waals surface area contributed by atoms with Gasteiger partial charge in [-0.05, 0) is 6.92 Å². The molecule has 1 rings (SSSR count). The molecule has 0 aliphatic carbocycles. The molecule has 0 radical (unpaired) electrons. The Balaban J connectivity index is 3.60. The van der Waals surface area contributed by atoms with Crippen molar-refractivity contribution in [2.45, 2.75) is 6.92 Å². The van der Waals surface area contributed by atoms with E-state index in [0.29, 0.717) is 0 Å². The van der Waals surface area contributed by atoms with Gasteiger partial charge in [0.1, 0.15) is 16.3 Å². The maximum Gasteiger partial charge on any atom is 0.343 e. The fourth-order valence-corrected chi connectivity index (χ4v) is 1.56. The number of phenols is 2. The minimum Gasteiger partial charge on any atom is -0.506 e. The van der Waals surface area contributed by atoms with Crippen molar-refractivity contribution in [1.29, 1.82) is 0 Å². The number of carbonyl (C=O) groups is 1. The summed E-state index contributed by atoms with van der Waals surface area (Å²) in [4.78, 5) is 11.2. The quantitative estimate of drug-likeness (QED) is 0.594. The van der Waals surface area contributed by atoms with Crippen LogP contribution in [0.3, 0.4) is 0 Å². The summed E-state index contributed by atoms with van der Waals surface area (Å²) in [6.07, 6.45) is 0. The molecule has 1 aromatic rings. The number of aromatic hydroxyl groups is 2. The molecule has 4 nitrogen and oxygen atoms in total. The van der Waals surface area contributed by atoms with Gasteiger partial charge in [0, 0.05) is 5.56 Å². The van der Waals surface area contributed by atoms with E-state index in [2.05, 4.69) is 4.74 Å². The van der Waals surface area contributed by atoms with Gasteiger partial charge < -0.3 is 14.9 Å². The van der Waals surface area contributed by atoms with E-state index >= 15 is 0 Å². The number of rotatable bonds is 1. The third kappa shape index (κ3) is 1.82. The molecule has 0 aliphatic heterocycles. The van der Waals surface area contributed by atoms with Crippen molar-refractivity contribution in [2.24, 2.45) is 0 Å². The Bertz CT molecular complexity index is 400. The first kappa shape index (κ1) is 11.9. The Kier molecular flexibility index (Phi) is 3.31. The molecule has 6 heteroatoms. The van der Waals surface area contributed by atoms with E-state index in [0.717, 1.165) is 7.11 Å². The van der Waals surface area contributed by atoms with Gasteiger partial charge in [-0.25, -0.2) is 4.79 Å². The largest absolute Gasteiger partial charge is 0.506 e. The monoisotopic (exact) mass is 250 g/mol. The number of halogens is 2. The first-order valence-electron chi connectivity index (χ1n) is 3.89. The van der Waals surface area contributed by atoms with Crippen LogP contribution in [0, 0.1) is 6.92 Å². The first-order valence-corrected chi connectivity index (χ1v) is 4.65. The summed E-state index contributed by atoms with van der Waals surface area (Å²) in [5, 5.41) is 18.7. The molecule has 15 heavy (non-hydrogen) atoms. The molecule has 0 saturated carbocycles. The third-order valence-corrected chi connectivity index (χ3v) is 2.78. The highest BCUT2D eigenvalue weighted by molar-refractivity contribution is 6.38. The summed E-state index contributed by atoms with van der Waals surface area (Å²) in [5.41, 5.74) is -0.140. The summed E-state index contributed by atoms with van der Waals surface area (Å²) in [6.45, 7) is 1.46. The van der Waals surface area contributed by atoms with Gasteiger partial charge in [0.2, 0.25) is 0 Å². The molecule has 0 saturated heterocycles. The minimum absolute atomic E-state index is 0.127. The fourth-order valence-electron chi connectivity index (χ4n) is 1.07. The molecule has 0 unspecified atom stereocenters. The van der Waals surface area contributed by atoms with Gasteiger partial charge >= 0.3 is 5.97 Å². The van der Waals surface area contributed by atoms with Crippen molar-refractivity contribution < 1.29 is 19.7 Å². The van der Waals surface area contributed by atoms with Crippen molar-refractivity contribution in [1.82, 2.24) is 0 Å². The number of hydrogen-bond acceptors (Lipinski definition) is 4. The van der Waals surface area contributed by atoms with Gasteiger partial charge in [-0.3, -0.25) is 0 Å². The lowest BCUT2D eigenvalue weighted by molar-refractivity contribution is 0.0597. The molecule has 0 amide bonds. The topological polar surface area (TPSA) is 66.8 Å². The van der Waals surface area contributed by atoms with Crippen LogP contribution < -0.4 is 0 Å². The lowest BCUT2D eigenvalue weighted by atomic mass is 10.1. The lowest BCUT2D eigenvalue weighted by Crippen LogP contribution is -2.04. The zero-order chi connectivity index (χ0) is 11.7. The van der Waals surface area contributed by atoms with Crippen LogP contribution in [0.2, 0.25) is 10.0 Å². The second-order valence-corrected chi connectivity index (χ2v) is 3.57. The Morgan fingerprint density at radius 1 is 1.20 bits per heavy atom. The van der Waals surface area contributed by atoms with Gasteiger partial charge in [-0.15, -0.1) is 0 Å². The van der Waals surface area contributed by atoms with Crippen molar-refractivity contribution in [3.05, 3.63) is 21.2 Å². The Morgan fingerprint density at radius 2 is 1.73 bits per heavy atom. The van der Waals surface area contributed by atoms with Crippen LogP contribution >= 0.6 is 23.2 Å². The van der Waals surface area contributed by atoms with Crippen molar-refractivity contribution in [3.8, 4) is 11.5 Å². The summed E-state index contributed by atoms with van der Waals surface area (Å²) in [7, 11) is 1.13. The highest BCUT2D eigenvalue weighted by Crippen LogP contribution is 2.43. The smallest absolute Gasteiger partial charge is 0.343 e. The Morgan fingerprint density at radius 3 is 2.20 bits per heavy atom. The summed E-state index contributed by atoms with van der Waals surface area (Å²) in [5.74, 6) is -1.71. The number of ether oxygens (including phenoxy) is 1. The fraction of sp³-hybridized carbons (Fsp3) is 0.222. The van der Waals surface area contributed by atoms with Crippen LogP contribution in [0.15, 0.2) is 0 Å². The standard InChI is InChI=1S/C9H8Cl2O4/c1-3-5(10)8(13)4(9(14)15-2)6(11)7(3)12/h12-13H,1-2H3. The van der Waals surface area contributed by atoms with Gasteiger partial charge in [-0.1, -0.05) is 23.2 Å². The molecule has 82 valence electrons. The average Bonchev–Trinajstić information content (AvgIpc) is 2.23. The minimum atomic E-state index is -0.866. The average molecular weight is 251 g/mol. The van der Waals surface area contributed by atoms with E-state index in [1.807, 2.05) is 0 Å². The summed E-state index contributed by atoms with van der Waals surface area (Å²) < 4.78 is 4.39. The van der Waals surface area contributed by atoms with Gasteiger partial charge in [0.05, 0.1) is 12.1 Å². The van der Waals surface area contributed by atoms with E-state index in [4.69, 9.17) is 23.2 Å². The Labute approximate surface area is 96.0 Å². The van der Waals surface area contributed by atoms with Gasteiger partial charge in [-0.2, -0.15) is 0 Å². The van der Waals surface area contributed by atoms with E-state index in [-0.39, 0.29) is 26.9 Å². The van der Waals surface area contributed by atoms with Crippen LogP contribution in [0.4, 0.5) is 0 Å². The van der Waals surface area contributed by atoms with E-state index in [1.54, 1.807) is 0 Å². The van der Waals surface area contributed by atoms with Crippen molar-refractivity contribution in [3.63, 3.8) is 0 Å². The van der Waals surface area contributed by atoms with E-state index < -0.39 is 11.7 Å². The zero-order valence-electron chi connectivity index (χ0n) is 7.97. The molecule has 0 bridgehead atoms. The lowest BCUT2D eigenvalue weighted by Gasteiger charge is -2.11. The normalized spacial score (nSPS) is 10.1. The van der Waals surface area contributed by atoms with E-state index in [9.17, 15) is 15.0 Å². The number of carbonyl (C=O) groups excluding carboxylic acids is 1. The van der Waals surface area contributed by atoms with E-state index in [1.165, 1.54) is 6.92 Å². The highest BCUT2D eigenvalue weighted by Gasteiger charge is 2.24. The van der Waals surface area contributed by atoms with Crippen LogP contribution in [0.25, 0.3) is 0 Å². The zero-order valence-corrected chi connectivity index (χ0v) is 9.48. The van der Waals surface area contributed by atoms with Crippen molar-refractivity contribution >= 4 is 29.2 Å². The molecule has 0 aliphatic rings. The number of phenolic OH excluding ortho intramolecular Hbond substituents is 2. The Hall–Kier alpha value is -1.13. The molecule has 0 atom stereocenters. The van der Waals surface area contributed by atoms with Crippen LogP contribution in [0.5, 0.6) is 11.5 Å². The van der Waals surface area contributed by atoms with Gasteiger partial charge in [0.15, 0.2) is 5.75 Å². The summed E-state index contributed by atoms with van der Waals surface area (Å²) >= 11 is 11.4. The maximum absolute atomic E-state index is 11.2.